The minimum Gasteiger partial charge on any atom is -0.480 e. The maximum Gasteiger partial charge on any atom is 0.320 e. The van der Waals surface area contributed by atoms with Gasteiger partial charge in [-0.05, 0) is 24.6 Å². The molecule has 2 aromatic rings. The average molecular weight is 266 g/mol. The van der Waals surface area contributed by atoms with Crippen LogP contribution in [0.15, 0.2) is 24.4 Å². The minimum atomic E-state index is -0.971. The smallest absolute Gasteiger partial charge is 0.320 e. The van der Waals surface area contributed by atoms with Crippen LogP contribution in [-0.2, 0) is 14.9 Å². The molecular weight excluding hydrogens is 254 g/mol. The number of aliphatic carboxylic acids is 1. The van der Waals surface area contributed by atoms with Crippen LogP contribution in [0.5, 0.6) is 0 Å². The molecule has 2 aromatic heterocycles. The zero-order chi connectivity index (χ0) is 12.9. The molecule has 0 spiro atoms. The van der Waals surface area contributed by atoms with Crippen LogP contribution < -0.4 is 0 Å². The van der Waals surface area contributed by atoms with E-state index in [1.54, 1.807) is 0 Å². The van der Waals surface area contributed by atoms with Crippen molar-refractivity contribution in [3.63, 3.8) is 0 Å². The maximum atomic E-state index is 11.6. The first-order valence-electron chi connectivity index (χ1n) is 5.65. The van der Waals surface area contributed by atoms with Gasteiger partial charge in [0.2, 0.25) is 0 Å². The van der Waals surface area contributed by atoms with Gasteiger partial charge in [0.1, 0.15) is 0 Å². The number of pyridine rings is 1. The molecule has 0 saturated carbocycles. The molecule has 94 valence electrons. The third-order valence-electron chi connectivity index (χ3n) is 3.57. The van der Waals surface area contributed by atoms with Crippen LogP contribution in [-0.4, -0.2) is 28.7 Å². The van der Waals surface area contributed by atoms with Gasteiger partial charge in [-0.25, -0.2) is 0 Å². The molecule has 1 aliphatic heterocycles. The number of carbonyl (C=O) groups is 1. The summed E-state index contributed by atoms with van der Waals surface area (Å²) in [6, 6.07) is 5.63. The first-order chi connectivity index (χ1) is 8.58. The van der Waals surface area contributed by atoms with Crippen LogP contribution in [0.2, 0.25) is 5.02 Å². The van der Waals surface area contributed by atoms with Crippen molar-refractivity contribution in [1.29, 1.82) is 0 Å². The van der Waals surface area contributed by atoms with Gasteiger partial charge in [-0.15, -0.1) is 0 Å². The quantitative estimate of drug-likeness (QED) is 0.906. The summed E-state index contributed by atoms with van der Waals surface area (Å²) in [7, 11) is 0. The molecule has 1 N–H and O–H groups in total. The molecule has 1 saturated heterocycles. The number of nitrogens with zero attached hydrogens (tertiary/aromatic N) is 1. The van der Waals surface area contributed by atoms with Crippen molar-refractivity contribution in [2.45, 2.75) is 12.3 Å². The molecule has 0 aromatic carbocycles. The summed E-state index contributed by atoms with van der Waals surface area (Å²) in [5, 5.41) is 10.1. The summed E-state index contributed by atoms with van der Waals surface area (Å²) in [6.45, 7) is 2.24. The molecule has 5 heteroatoms. The molecule has 0 aliphatic carbocycles. The molecule has 3 rings (SSSR count). The zero-order valence-corrected chi connectivity index (χ0v) is 10.6. The van der Waals surface area contributed by atoms with E-state index >= 15 is 0 Å². The van der Waals surface area contributed by atoms with E-state index in [4.69, 9.17) is 16.3 Å². The monoisotopic (exact) mass is 265 g/mol. The number of halogens is 1. The predicted molar refractivity (Wildman–Crippen MR) is 67.3 cm³/mol. The molecule has 0 bridgehead atoms. The van der Waals surface area contributed by atoms with E-state index in [2.05, 4.69) is 0 Å². The third kappa shape index (κ3) is 1.27. The third-order valence-corrected chi connectivity index (χ3v) is 4.05. The van der Waals surface area contributed by atoms with Gasteiger partial charge in [0, 0.05) is 11.9 Å². The number of carboxylic acid groups (broad SMARTS) is 1. The second-order valence-electron chi connectivity index (χ2n) is 4.62. The summed E-state index contributed by atoms with van der Waals surface area (Å²) < 4.78 is 6.99. The summed E-state index contributed by atoms with van der Waals surface area (Å²) in [5.41, 5.74) is 1.40. The lowest BCUT2D eigenvalue weighted by molar-refractivity contribution is -0.163. The SMILES string of the molecule is Cc1c(Cl)c2ccccn2c1C1(C(=O)O)COC1. The van der Waals surface area contributed by atoms with E-state index in [0.29, 0.717) is 5.02 Å². The highest BCUT2D eigenvalue weighted by Gasteiger charge is 2.51. The molecule has 1 fully saturated rings. The number of rotatable bonds is 2. The first kappa shape index (κ1) is 11.6. The number of aromatic nitrogens is 1. The number of hydrogen-bond donors (Lipinski definition) is 1. The topological polar surface area (TPSA) is 50.9 Å². The Labute approximate surface area is 109 Å². The highest BCUT2D eigenvalue weighted by molar-refractivity contribution is 6.35. The molecule has 18 heavy (non-hydrogen) atoms. The predicted octanol–water partition coefficient (Wildman–Crippen LogP) is 2.25. The Morgan fingerprint density at radius 3 is 2.78 bits per heavy atom. The Bertz CT molecular complexity index is 643. The van der Waals surface area contributed by atoms with Crippen molar-refractivity contribution >= 4 is 23.1 Å². The van der Waals surface area contributed by atoms with Gasteiger partial charge in [-0.3, -0.25) is 4.79 Å². The van der Waals surface area contributed by atoms with Crippen LogP contribution in [0.3, 0.4) is 0 Å². The molecule has 3 heterocycles. The number of fused-ring (bicyclic) bond motifs is 1. The van der Waals surface area contributed by atoms with E-state index < -0.39 is 11.4 Å². The Hall–Kier alpha value is -1.52. The molecule has 0 unspecified atom stereocenters. The fourth-order valence-corrected chi connectivity index (χ4v) is 2.79. The molecular formula is C13H12ClNO3. The van der Waals surface area contributed by atoms with Crippen LogP contribution >= 0.6 is 11.6 Å². The van der Waals surface area contributed by atoms with Gasteiger partial charge in [0.15, 0.2) is 5.41 Å². The van der Waals surface area contributed by atoms with Crippen molar-refractivity contribution < 1.29 is 14.6 Å². The molecule has 0 radical (unpaired) electrons. The fraction of sp³-hybridized carbons (Fsp3) is 0.308. The Morgan fingerprint density at radius 2 is 2.22 bits per heavy atom. The average Bonchev–Trinajstić information content (AvgIpc) is 2.54. The van der Waals surface area contributed by atoms with Gasteiger partial charge < -0.3 is 14.2 Å². The van der Waals surface area contributed by atoms with Gasteiger partial charge in [0.25, 0.3) is 0 Å². The number of ether oxygens (including phenoxy) is 1. The van der Waals surface area contributed by atoms with Crippen molar-refractivity contribution in [2.75, 3.05) is 13.2 Å². The standard InChI is InChI=1S/C13H12ClNO3/c1-8-10(14)9-4-2-3-5-15(9)11(8)13(12(16)17)6-18-7-13/h2-5H,6-7H2,1H3,(H,16,17). The highest BCUT2D eigenvalue weighted by Crippen LogP contribution is 2.40. The summed E-state index contributed by atoms with van der Waals surface area (Å²) in [4.78, 5) is 11.6. The lowest BCUT2D eigenvalue weighted by Crippen LogP contribution is -2.54. The van der Waals surface area contributed by atoms with Crippen molar-refractivity contribution in [1.82, 2.24) is 4.40 Å². The van der Waals surface area contributed by atoms with E-state index in [1.165, 1.54) is 0 Å². The summed E-state index contributed by atoms with van der Waals surface area (Å²) >= 11 is 6.28. The molecule has 1 aliphatic rings. The van der Waals surface area contributed by atoms with E-state index in [1.807, 2.05) is 35.7 Å². The fourth-order valence-electron chi connectivity index (χ4n) is 2.55. The Kier molecular flexibility index (Phi) is 2.40. The molecule has 0 amide bonds. The number of hydrogen-bond acceptors (Lipinski definition) is 2. The van der Waals surface area contributed by atoms with Crippen LogP contribution in [0.25, 0.3) is 5.52 Å². The first-order valence-corrected chi connectivity index (χ1v) is 6.02. The van der Waals surface area contributed by atoms with E-state index in [9.17, 15) is 9.90 Å². The van der Waals surface area contributed by atoms with Crippen molar-refractivity contribution in [3.05, 3.63) is 40.7 Å². The van der Waals surface area contributed by atoms with Gasteiger partial charge >= 0.3 is 5.97 Å². The second-order valence-corrected chi connectivity index (χ2v) is 5.00. The van der Waals surface area contributed by atoms with E-state index in [0.717, 1.165) is 16.8 Å². The van der Waals surface area contributed by atoms with Gasteiger partial charge in [0.05, 0.1) is 23.8 Å². The van der Waals surface area contributed by atoms with Crippen molar-refractivity contribution in [3.8, 4) is 0 Å². The zero-order valence-electron chi connectivity index (χ0n) is 9.81. The molecule has 4 nitrogen and oxygen atoms in total. The van der Waals surface area contributed by atoms with Crippen LogP contribution in [0.4, 0.5) is 0 Å². The largest absolute Gasteiger partial charge is 0.480 e. The maximum absolute atomic E-state index is 11.6. The van der Waals surface area contributed by atoms with E-state index in [-0.39, 0.29) is 13.2 Å². The Balaban J connectivity index is 2.35. The van der Waals surface area contributed by atoms with Gasteiger partial charge in [-0.1, -0.05) is 17.7 Å². The lowest BCUT2D eigenvalue weighted by Gasteiger charge is -2.37. The second kappa shape index (κ2) is 3.73. The summed E-state index contributed by atoms with van der Waals surface area (Å²) in [6.07, 6.45) is 1.84. The Morgan fingerprint density at radius 1 is 1.50 bits per heavy atom. The summed E-state index contributed by atoms with van der Waals surface area (Å²) in [5.74, 6) is -0.864. The van der Waals surface area contributed by atoms with Gasteiger partial charge in [-0.2, -0.15) is 0 Å². The van der Waals surface area contributed by atoms with Crippen LogP contribution in [0.1, 0.15) is 11.3 Å². The number of carboxylic acids is 1. The lowest BCUT2D eigenvalue weighted by atomic mass is 9.81. The van der Waals surface area contributed by atoms with Crippen LogP contribution in [0, 0.1) is 6.92 Å². The highest BCUT2D eigenvalue weighted by atomic mass is 35.5. The minimum absolute atomic E-state index is 0.195. The normalized spacial score (nSPS) is 17.7. The van der Waals surface area contributed by atoms with Crippen molar-refractivity contribution in [2.24, 2.45) is 0 Å². The molecule has 0 atom stereocenters.